The lowest BCUT2D eigenvalue weighted by atomic mass is 9.66. The minimum Gasteiger partial charge on any atom is -0.507 e. The Morgan fingerprint density at radius 3 is 1.12 bits per heavy atom. The molecule has 0 amide bonds. The largest absolute Gasteiger partial charge is 0.507 e. The molecule has 67 heavy (non-hydrogen) atoms. The normalized spacial score (nSPS) is 13.0. The number of aryl methyl sites for hydroxylation is 1. The molecule has 13 rings (SSSR count). The molecule has 0 radical (unpaired) electrons. The number of pyridine rings is 1. The second kappa shape index (κ2) is 18.1. The molecule has 0 fully saturated rings. The lowest BCUT2D eigenvalue weighted by Gasteiger charge is -2.34. The molecule has 1 aromatic heterocycles. The van der Waals surface area contributed by atoms with Crippen LogP contribution in [0.1, 0.15) is 50.1 Å². The number of phenols is 1. The topological polar surface area (TPSA) is 33.1 Å². The number of halogens is 1. The monoisotopic (exact) mass is 881 g/mol. The van der Waals surface area contributed by atoms with Crippen molar-refractivity contribution >= 4 is 34.0 Å². The zero-order chi connectivity index (χ0) is 44.5. The minimum absolute atomic E-state index is 0. The van der Waals surface area contributed by atoms with Crippen LogP contribution in [0.5, 0.6) is 5.75 Å². The van der Waals surface area contributed by atoms with E-state index in [0.717, 1.165) is 22.1 Å². The van der Waals surface area contributed by atoms with Crippen LogP contribution < -0.4 is 0 Å². The maximum Gasteiger partial charge on any atom is 0.124 e. The van der Waals surface area contributed by atoms with E-state index in [1.54, 1.807) is 12.4 Å². The van der Waals surface area contributed by atoms with Crippen molar-refractivity contribution in [3.05, 3.63) is 311 Å². The number of rotatable bonds is 4. The van der Waals surface area contributed by atoms with Crippen molar-refractivity contribution < 1.29 is 5.11 Å². The number of aromatic hydroxyl groups is 1. The van der Waals surface area contributed by atoms with Crippen molar-refractivity contribution in [3.63, 3.8) is 0 Å². The number of fused-ring (bicyclic) bond motifs is 10. The lowest BCUT2D eigenvalue weighted by Crippen LogP contribution is -2.28. The summed E-state index contributed by atoms with van der Waals surface area (Å²) in [6.45, 7) is 2.26. The molecule has 2 aliphatic rings. The summed E-state index contributed by atoms with van der Waals surface area (Å²) in [7, 11) is 0. The number of benzene rings is 10. The molecule has 1 heterocycles. The molecule has 1 N–H and O–H groups in total. The highest BCUT2D eigenvalue weighted by molar-refractivity contribution is 6.03. The van der Waals surface area contributed by atoms with Crippen LogP contribution in [-0.2, 0) is 10.8 Å². The van der Waals surface area contributed by atoms with Crippen molar-refractivity contribution in [2.45, 2.75) is 17.8 Å². The van der Waals surface area contributed by atoms with Crippen LogP contribution in [-0.4, -0.2) is 10.1 Å². The first kappa shape index (κ1) is 42.9. The van der Waals surface area contributed by atoms with Crippen molar-refractivity contribution in [3.8, 4) is 28.0 Å². The number of phenolic OH excluding ortho intramolecular Hbond substituents is 1. The number of aromatic nitrogens is 1. The molecule has 0 saturated carbocycles. The Bertz CT molecular complexity index is 3160. The first-order chi connectivity index (χ1) is 32.6. The summed E-state index contributed by atoms with van der Waals surface area (Å²) in [6.07, 6.45) is 3.50. The van der Waals surface area contributed by atoms with Crippen LogP contribution in [0, 0.1) is 6.92 Å². The Hall–Kier alpha value is -8.04. The summed E-state index contributed by atoms with van der Waals surface area (Å²) in [4.78, 5) is 3.78. The van der Waals surface area contributed by atoms with Crippen molar-refractivity contribution in [2.24, 2.45) is 0 Å². The van der Waals surface area contributed by atoms with Gasteiger partial charge in [0.2, 0.25) is 0 Å². The van der Waals surface area contributed by atoms with E-state index in [9.17, 15) is 5.11 Å². The smallest absolute Gasteiger partial charge is 0.124 e. The Morgan fingerprint density at radius 2 is 0.701 bits per heavy atom. The maximum atomic E-state index is 11.2. The molecule has 2 aliphatic carbocycles. The van der Waals surface area contributed by atoms with Crippen LogP contribution in [0.4, 0.5) is 0 Å². The highest BCUT2D eigenvalue weighted by Gasteiger charge is 2.49. The minimum atomic E-state index is -0.493. The molecule has 0 bridgehead atoms. The second-order valence-electron chi connectivity index (χ2n) is 17.1. The molecule has 10 aromatic carbocycles. The van der Waals surface area contributed by atoms with Gasteiger partial charge < -0.3 is 5.11 Å². The van der Waals surface area contributed by atoms with Crippen LogP contribution >= 0.6 is 12.4 Å². The zero-order valence-electron chi connectivity index (χ0n) is 37.1. The fourth-order valence-corrected chi connectivity index (χ4v) is 11.1. The first-order valence-electron chi connectivity index (χ1n) is 22.7. The highest BCUT2D eigenvalue weighted by atomic mass is 35.5. The van der Waals surface area contributed by atoms with Gasteiger partial charge in [-0.25, -0.2) is 0 Å². The molecule has 0 spiro atoms. The van der Waals surface area contributed by atoms with E-state index in [2.05, 4.69) is 230 Å². The second-order valence-corrected chi connectivity index (χ2v) is 17.1. The SMILES string of the molecule is Cc1cc2ccccc2c2c1-c1ccccc1C2(c1ccccc1)c1ccccc1.Cl.Oc1cc2ccccc2c2c1-c1ccccc1C2(c1ccccc1)c1ccccc1.c1ccncc1. The number of hydrogen-bond donors (Lipinski definition) is 1. The van der Waals surface area contributed by atoms with Crippen LogP contribution in [0.15, 0.2) is 261 Å². The summed E-state index contributed by atoms with van der Waals surface area (Å²) in [5.74, 6) is 0.338. The van der Waals surface area contributed by atoms with Crippen molar-refractivity contribution in [2.75, 3.05) is 0 Å². The van der Waals surface area contributed by atoms with E-state index in [4.69, 9.17) is 0 Å². The summed E-state index contributed by atoms with van der Waals surface area (Å²) in [5, 5.41) is 16.1. The van der Waals surface area contributed by atoms with Gasteiger partial charge in [-0.15, -0.1) is 12.4 Å². The van der Waals surface area contributed by atoms with Gasteiger partial charge >= 0.3 is 0 Å². The predicted octanol–water partition coefficient (Wildman–Crippen LogP) is 15.9. The molecule has 0 aliphatic heterocycles. The van der Waals surface area contributed by atoms with Crippen molar-refractivity contribution in [1.82, 2.24) is 4.98 Å². The lowest BCUT2D eigenvalue weighted by molar-refractivity contribution is 0.477. The fraction of sp³-hybridized carbons (Fsp3) is 0.0469. The Morgan fingerprint density at radius 1 is 0.358 bits per heavy atom. The van der Waals surface area contributed by atoms with Crippen LogP contribution in [0.25, 0.3) is 43.8 Å². The first-order valence-corrected chi connectivity index (χ1v) is 22.7. The van der Waals surface area contributed by atoms with Gasteiger partial charge in [0.15, 0.2) is 0 Å². The number of nitrogens with zero attached hydrogens (tertiary/aromatic N) is 1. The van der Waals surface area contributed by atoms with Gasteiger partial charge in [0.05, 0.1) is 10.8 Å². The van der Waals surface area contributed by atoms with Gasteiger partial charge in [-0.05, 0) is 113 Å². The summed E-state index contributed by atoms with van der Waals surface area (Å²) in [5.41, 5.74) is 15.5. The van der Waals surface area contributed by atoms with E-state index >= 15 is 0 Å². The standard InChI is InChI=1S/C30H22.C29H20O.C5H5N.ClH/c1-21-20-22-12-8-9-17-25(22)29-28(21)26-18-10-11-19-27(26)30(29,23-13-4-2-5-14-23)24-15-6-3-7-16-24;30-26-19-20-11-7-8-16-23(20)28-27(26)24-17-9-10-18-25(24)29(28,21-12-3-1-4-13-21)22-14-5-2-6-15-22;1-2-4-6-5-3-1;/h2-20H,1H3;1-19,30H;1-5H;1H. The molecular formula is C64H48ClNO. The average molecular weight is 883 g/mol. The molecule has 0 saturated heterocycles. The number of hydrogen-bond acceptors (Lipinski definition) is 2. The van der Waals surface area contributed by atoms with Gasteiger partial charge in [0, 0.05) is 18.0 Å². The van der Waals surface area contributed by atoms with E-state index in [0.29, 0.717) is 5.75 Å². The third kappa shape index (κ3) is 6.92. The summed E-state index contributed by atoms with van der Waals surface area (Å²) in [6, 6.07) is 88.0. The quantitative estimate of drug-likeness (QED) is 0.191. The third-order valence-electron chi connectivity index (χ3n) is 13.6. The molecule has 3 heteroatoms. The van der Waals surface area contributed by atoms with Crippen LogP contribution in [0.2, 0.25) is 0 Å². The van der Waals surface area contributed by atoms with E-state index < -0.39 is 5.41 Å². The maximum absolute atomic E-state index is 11.2. The summed E-state index contributed by atoms with van der Waals surface area (Å²) < 4.78 is 0. The predicted molar refractivity (Wildman–Crippen MR) is 280 cm³/mol. The molecule has 322 valence electrons. The molecule has 2 nitrogen and oxygen atoms in total. The third-order valence-corrected chi connectivity index (χ3v) is 13.6. The molecular weight excluding hydrogens is 834 g/mol. The zero-order valence-corrected chi connectivity index (χ0v) is 37.9. The van der Waals surface area contributed by atoms with Gasteiger partial charge in [0.25, 0.3) is 0 Å². The van der Waals surface area contributed by atoms with E-state index in [-0.39, 0.29) is 17.8 Å². The van der Waals surface area contributed by atoms with Gasteiger partial charge in [-0.2, -0.15) is 0 Å². The Balaban J connectivity index is 0.000000138. The van der Waals surface area contributed by atoms with Gasteiger partial charge in [-0.1, -0.05) is 231 Å². The Labute approximate surface area is 399 Å². The van der Waals surface area contributed by atoms with Crippen LogP contribution in [0.3, 0.4) is 0 Å². The molecule has 11 aromatic rings. The molecule has 0 unspecified atom stereocenters. The fourth-order valence-electron chi connectivity index (χ4n) is 11.1. The highest BCUT2D eigenvalue weighted by Crippen LogP contribution is 2.61. The molecule has 0 atom stereocenters. The Kier molecular flexibility index (Phi) is 11.6. The average Bonchev–Trinajstić information content (AvgIpc) is 3.89. The van der Waals surface area contributed by atoms with Gasteiger partial charge in [-0.3, -0.25) is 4.98 Å². The van der Waals surface area contributed by atoms with Crippen molar-refractivity contribution in [1.29, 1.82) is 0 Å². The van der Waals surface area contributed by atoms with E-state index in [1.165, 1.54) is 71.8 Å². The van der Waals surface area contributed by atoms with E-state index in [1.807, 2.05) is 30.3 Å². The summed E-state index contributed by atoms with van der Waals surface area (Å²) >= 11 is 0. The van der Waals surface area contributed by atoms with Gasteiger partial charge in [0.1, 0.15) is 5.75 Å².